The van der Waals surface area contributed by atoms with Crippen molar-refractivity contribution in [2.75, 3.05) is 6.54 Å². The van der Waals surface area contributed by atoms with Gasteiger partial charge >= 0.3 is 0 Å². The summed E-state index contributed by atoms with van der Waals surface area (Å²) in [5.41, 5.74) is 0.591. The van der Waals surface area contributed by atoms with Crippen molar-refractivity contribution in [3.05, 3.63) is 0 Å². The van der Waals surface area contributed by atoms with Gasteiger partial charge in [0, 0.05) is 6.04 Å². The van der Waals surface area contributed by atoms with Crippen LogP contribution in [0.1, 0.15) is 52.9 Å². The molecule has 1 heteroatoms. The zero-order valence-corrected chi connectivity index (χ0v) is 9.97. The Balaban J connectivity index is 1.78. The molecule has 2 fully saturated rings. The van der Waals surface area contributed by atoms with Crippen molar-refractivity contribution < 1.29 is 0 Å². The van der Waals surface area contributed by atoms with Gasteiger partial charge in [0.1, 0.15) is 0 Å². The van der Waals surface area contributed by atoms with Crippen LogP contribution < -0.4 is 5.32 Å². The van der Waals surface area contributed by atoms with Crippen LogP contribution in [0.4, 0.5) is 0 Å². The first-order chi connectivity index (χ1) is 6.55. The minimum absolute atomic E-state index is 0.591. The first-order valence-electron chi connectivity index (χ1n) is 6.28. The first kappa shape index (κ1) is 10.5. The molecule has 0 bridgehead atoms. The van der Waals surface area contributed by atoms with Gasteiger partial charge in [0.15, 0.2) is 0 Å². The normalized spacial score (nSPS) is 37.1. The number of hydrogen-bond donors (Lipinski definition) is 1. The Morgan fingerprint density at radius 2 is 1.93 bits per heavy atom. The number of rotatable bonds is 3. The van der Waals surface area contributed by atoms with Gasteiger partial charge in [-0.2, -0.15) is 0 Å². The summed E-state index contributed by atoms with van der Waals surface area (Å²) in [7, 11) is 0. The molecule has 2 aliphatic rings. The Kier molecular flexibility index (Phi) is 2.88. The fourth-order valence-electron chi connectivity index (χ4n) is 3.32. The van der Waals surface area contributed by atoms with Crippen LogP contribution >= 0.6 is 0 Å². The molecule has 2 atom stereocenters. The molecule has 0 aromatic rings. The summed E-state index contributed by atoms with van der Waals surface area (Å²) in [4.78, 5) is 0. The lowest BCUT2D eigenvalue weighted by Gasteiger charge is -2.39. The quantitative estimate of drug-likeness (QED) is 0.729. The van der Waals surface area contributed by atoms with Crippen LogP contribution in [-0.2, 0) is 0 Å². The molecule has 0 amide bonds. The molecule has 0 aromatic carbocycles. The summed E-state index contributed by atoms with van der Waals surface area (Å²) in [5, 5.41) is 3.68. The highest BCUT2D eigenvalue weighted by atomic mass is 14.9. The molecule has 2 unspecified atom stereocenters. The van der Waals surface area contributed by atoms with Crippen LogP contribution in [0.5, 0.6) is 0 Å². The molecule has 0 aromatic heterocycles. The van der Waals surface area contributed by atoms with Gasteiger partial charge in [0.25, 0.3) is 0 Å². The topological polar surface area (TPSA) is 12.0 Å². The second kappa shape index (κ2) is 3.84. The van der Waals surface area contributed by atoms with Crippen molar-refractivity contribution in [2.45, 2.75) is 58.9 Å². The lowest BCUT2D eigenvalue weighted by Crippen LogP contribution is -2.34. The van der Waals surface area contributed by atoms with Crippen molar-refractivity contribution in [3.8, 4) is 0 Å². The van der Waals surface area contributed by atoms with Crippen LogP contribution in [-0.4, -0.2) is 12.6 Å². The second-order valence-electron chi connectivity index (χ2n) is 6.46. The van der Waals surface area contributed by atoms with E-state index in [1.807, 2.05) is 0 Å². The Morgan fingerprint density at radius 3 is 2.50 bits per heavy atom. The molecule has 1 N–H and O–H groups in total. The average Bonchev–Trinajstić information content (AvgIpc) is 2.79. The van der Waals surface area contributed by atoms with E-state index in [0.717, 1.165) is 17.9 Å². The van der Waals surface area contributed by atoms with Gasteiger partial charge < -0.3 is 5.32 Å². The minimum atomic E-state index is 0.591. The fraction of sp³-hybridized carbons (Fsp3) is 1.00. The Morgan fingerprint density at radius 1 is 1.21 bits per heavy atom. The molecular weight excluding hydrogens is 170 g/mol. The van der Waals surface area contributed by atoms with E-state index < -0.39 is 0 Å². The van der Waals surface area contributed by atoms with E-state index in [2.05, 4.69) is 26.1 Å². The minimum Gasteiger partial charge on any atom is -0.314 e. The van der Waals surface area contributed by atoms with Crippen LogP contribution in [0.25, 0.3) is 0 Å². The van der Waals surface area contributed by atoms with Crippen molar-refractivity contribution in [3.63, 3.8) is 0 Å². The maximum atomic E-state index is 3.68. The predicted molar refractivity (Wildman–Crippen MR) is 61.3 cm³/mol. The van der Waals surface area contributed by atoms with E-state index in [1.54, 1.807) is 0 Å². The standard InChI is InChI=1S/C13H25N/c1-10-6-11(8-13(2,3)7-10)9-14-12-4-5-12/h10-12,14H,4-9H2,1-3H3. The monoisotopic (exact) mass is 195 g/mol. The van der Waals surface area contributed by atoms with Crippen LogP contribution in [0.15, 0.2) is 0 Å². The summed E-state index contributed by atoms with van der Waals surface area (Å²) in [6.07, 6.45) is 7.14. The van der Waals surface area contributed by atoms with E-state index in [1.165, 1.54) is 38.6 Å². The lowest BCUT2D eigenvalue weighted by molar-refractivity contribution is 0.131. The summed E-state index contributed by atoms with van der Waals surface area (Å²) < 4.78 is 0. The van der Waals surface area contributed by atoms with E-state index in [0.29, 0.717) is 5.41 Å². The van der Waals surface area contributed by atoms with E-state index in [4.69, 9.17) is 0 Å². The maximum absolute atomic E-state index is 3.68. The fourth-order valence-corrected chi connectivity index (χ4v) is 3.32. The largest absolute Gasteiger partial charge is 0.314 e. The molecular formula is C13H25N. The van der Waals surface area contributed by atoms with E-state index in [9.17, 15) is 0 Å². The summed E-state index contributed by atoms with van der Waals surface area (Å²) in [6.45, 7) is 8.57. The van der Waals surface area contributed by atoms with E-state index in [-0.39, 0.29) is 0 Å². The van der Waals surface area contributed by atoms with Gasteiger partial charge in [-0.05, 0) is 55.9 Å². The highest BCUT2D eigenvalue weighted by Crippen LogP contribution is 2.41. The number of hydrogen-bond acceptors (Lipinski definition) is 1. The molecule has 1 nitrogen and oxygen atoms in total. The molecule has 0 spiro atoms. The van der Waals surface area contributed by atoms with Gasteiger partial charge in [0.2, 0.25) is 0 Å². The molecule has 0 saturated heterocycles. The maximum Gasteiger partial charge on any atom is 0.00683 e. The van der Waals surface area contributed by atoms with Crippen LogP contribution in [0.3, 0.4) is 0 Å². The Labute approximate surface area is 88.7 Å². The molecule has 0 radical (unpaired) electrons. The van der Waals surface area contributed by atoms with Gasteiger partial charge in [-0.25, -0.2) is 0 Å². The van der Waals surface area contributed by atoms with Gasteiger partial charge in [-0.15, -0.1) is 0 Å². The average molecular weight is 195 g/mol. The second-order valence-corrected chi connectivity index (χ2v) is 6.46. The molecule has 2 rings (SSSR count). The Hall–Kier alpha value is -0.0400. The zero-order valence-electron chi connectivity index (χ0n) is 9.97. The molecule has 82 valence electrons. The Bertz CT molecular complexity index is 193. The predicted octanol–water partition coefficient (Wildman–Crippen LogP) is 3.20. The highest BCUT2D eigenvalue weighted by molar-refractivity contribution is 4.87. The third-order valence-corrected chi connectivity index (χ3v) is 3.75. The third kappa shape index (κ3) is 2.98. The summed E-state index contributed by atoms with van der Waals surface area (Å²) in [6, 6.07) is 0.885. The molecule has 0 aliphatic heterocycles. The summed E-state index contributed by atoms with van der Waals surface area (Å²) in [5.74, 6) is 1.87. The molecule has 2 saturated carbocycles. The van der Waals surface area contributed by atoms with Gasteiger partial charge in [-0.3, -0.25) is 0 Å². The smallest absolute Gasteiger partial charge is 0.00683 e. The van der Waals surface area contributed by atoms with Crippen LogP contribution in [0.2, 0.25) is 0 Å². The van der Waals surface area contributed by atoms with Crippen molar-refractivity contribution in [1.29, 1.82) is 0 Å². The van der Waals surface area contributed by atoms with Gasteiger partial charge in [-0.1, -0.05) is 20.8 Å². The SMILES string of the molecule is CC1CC(CNC2CC2)CC(C)(C)C1. The van der Waals surface area contributed by atoms with E-state index >= 15 is 0 Å². The van der Waals surface area contributed by atoms with Crippen LogP contribution in [0, 0.1) is 17.3 Å². The highest BCUT2D eigenvalue weighted by Gasteiger charge is 2.32. The third-order valence-electron chi connectivity index (χ3n) is 3.75. The lowest BCUT2D eigenvalue weighted by atomic mass is 9.68. The van der Waals surface area contributed by atoms with Crippen molar-refractivity contribution >= 4 is 0 Å². The van der Waals surface area contributed by atoms with Gasteiger partial charge in [0.05, 0.1) is 0 Å². The zero-order chi connectivity index (χ0) is 10.2. The van der Waals surface area contributed by atoms with Crippen molar-refractivity contribution in [1.82, 2.24) is 5.32 Å². The molecule has 0 heterocycles. The summed E-state index contributed by atoms with van der Waals surface area (Å²) >= 11 is 0. The molecule has 14 heavy (non-hydrogen) atoms. The number of nitrogens with one attached hydrogen (secondary N) is 1. The first-order valence-corrected chi connectivity index (χ1v) is 6.28. The van der Waals surface area contributed by atoms with Crippen molar-refractivity contribution in [2.24, 2.45) is 17.3 Å². The molecule has 2 aliphatic carbocycles.